The molecule has 2 amide bonds. The number of carboxylic acid groups (broad SMARTS) is 1. The molecule has 0 aliphatic rings. The van der Waals surface area contributed by atoms with Gasteiger partial charge in [0, 0.05) is 10.9 Å². The molecule has 0 spiro atoms. The Kier molecular flexibility index (Phi) is 4.62. The van der Waals surface area contributed by atoms with Crippen LogP contribution in [0.1, 0.15) is 20.8 Å². The maximum Gasteiger partial charge on any atom is 0.355 e. The number of aromatic nitrogens is 1. The molecule has 0 aliphatic carbocycles. The van der Waals surface area contributed by atoms with Crippen molar-refractivity contribution < 1.29 is 19.5 Å². The summed E-state index contributed by atoms with van der Waals surface area (Å²) in [5.41, 5.74) is 0.316. The molecule has 0 unspecified atom stereocenters. The van der Waals surface area contributed by atoms with Crippen molar-refractivity contribution in [2.24, 2.45) is 0 Å². The second-order valence-corrected chi connectivity index (χ2v) is 4.80. The Labute approximate surface area is 123 Å². The third-order valence-electron chi connectivity index (χ3n) is 2.42. The van der Waals surface area contributed by atoms with Crippen molar-refractivity contribution in [3.05, 3.63) is 47.0 Å². The summed E-state index contributed by atoms with van der Waals surface area (Å²) in [6.45, 7) is -0.226. The van der Waals surface area contributed by atoms with Crippen LogP contribution in [0.2, 0.25) is 0 Å². The van der Waals surface area contributed by atoms with Crippen LogP contribution < -0.4 is 10.6 Å². The molecule has 0 radical (unpaired) electrons. The number of rotatable bonds is 5. The Bertz CT molecular complexity index is 669. The minimum Gasteiger partial charge on any atom is -0.476 e. The first kappa shape index (κ1) is 14.7. The summed E-state index contributed by atoms with van der Waals surface area (Å²) in [5, 5.41) is 15.1. The highest BCUT2D eigenvalue weighted by molar-refractivity contribution is 7.14. The number of carbonyl (C=O) groups excluding carboxylic acids is 2. The number of amides is 2. The minimum atomic E-state index is -1.16. The zero-order valence-corrected chi connectivity index (χ0v) is 11.5. The van der Waals surface area contributed by atoms with Crippen LogP contribution in [0.4, 0.5) is 5.13 Å². The lowest BCUT2D eigenvalue weighted by molar-refractivity contribution is -0.115. The molecule has 0 fully saturated rings. The number of anilines is 1. The van der Waals surface area contributed by atoms with E-state index in [0.29, 0.717) is 5.56 Å². The van der Waals surface area contributed by atoms with E-state index in [4.69, 9.17) is 5.11 Å². The van der Waals surface area contributed by atoms with E-state index in [0.717, 1.165) is 11.3 Å². The summed E-state index contributed by atoms with van der Waals surface area (Å²) in [6.07, 6.45) is 0. The molecule has 21 heavy (non-hydrogen) atoms. The molecule has 0 saturated carbocycles. The number of nitrogens with one attached hydrogen (secondary N) is 2. The molecule has 0 aliphatic heterocycles. The van der Waals surface area contributed by atoms with Crippen LogP contribution in [0.3, 0.4) is 0 Å². The van der Waals surface area contributed by atoms with Crippen LogP contribution in [-0.2, 0) is 4.79 Å². The van der Waals surface area contributed by atoms with E-state index < -0.39 is 11.9 Å². The SMILES string of the molecule is O=C(CNC(=O)c1ccccc1)Nc1nc(C(=O)O)cs1. The summed E-state index contributed by atoms with van der Waals surface area (Å²) < 4.78 is 0. The molecule has 1 heterocycles. The Morgan fingerprint density at radius 2 is 1.90 bits per heavy atom. The number of aromatic carboxylic acids is 1. The van der Waals surface area contributed by atoms with Gasteiger partial charge < -0.3 is 15.7 Å². The highest BCUT2D eigenvalue weighted by atomic mass is 32.1. The van der Waals surface area contributed by atoms with Gasteiger partial charge in [0.05, 0.1) is 6.54 Å². The fraction of sp³-hybridized carbons (Fsp3) is 0.0769. The molecule has 0 atom stereocenters. The quantitative estimate of drug-likeness (QED) is 0.769. The van der Waals surface area contributed by atoms with Crippen LogP contribution in [0.25, 0.3) is 0 Å². The van der Waals surface area contributed by atoms with E-state index in [1.807, 2.05) is 0 Å². The molecule has 2 aromatic rings. The Morgan fingerprint density at radius 1 is 1.19 bits per heavy atom. The van der Waals surface area contributed by atoms with Gasteiger partial charge in [0.15, 0.2) is 10.8 Å². The van der Waals surface area contributed by atoms with Crippen LogP contribution in [0, 0.1) is 0 Å². The van der Waals surface area contributed by atoms with E-state index >= 15 is 0 Å². The first-order valence-electron chi connectivity index (χ1n) is 5.88. The Balaban J connectivity index is 1.84. The predicted octanol–water partition coefficient (Wildman–Crippen LogP) is 1.21. The molecular formula is C13H11N3O4S. The zero-order valence-electron chi connectivity index (χ0n) is 10.7. The standard InChI is InChI=1S/C13H11N3O4S/c17-10(16-13-15-9(7-21-13)12(19)20)6-14-11(18)8-4-2-1-3-5-8/h1-5,7H,6H2,(H,14,18)(H,19,20)(H,15,16,17). The van der Waals surface area contributed by atoms with Gasteiger partial charge in [-0.3, -0.25) is 9.59 Å². The second kappa shape index (κ2) is 6.62. The first-order valence-corrected chi connectivity index (χ1v) is 6.76. The fourth-order valence-electron chi connectivity index (χ4n) is 1.44. The van der Waals surface area contributed by atoms with Crippen molar-refractivity contribution >= 4 is 34.3 Å². The molecule has 8 heteroatoms. The summed E-state index contributed by atoms with van der Waals surface area (Å²) in [7, 11) is 0. The van der Waals surface area contributed by atoms with E-state index in [2.05, 4.69) is 15.6 Å². The van der Waals surface area contributed by atoms with Crippen molar-refractivity contribution in [3.63, 3.8) is 0 Å². The van der Waals surface area contributed by atoms with Gasteiger partial charge in [-0.1, -0.05) is 18.2 Å². The van der Waals surface area contributed by atoms with Crippen LogP contribution in [-0.4, -0.2) is 34.4 Å². The highest BCUT2D eigenvalue weighted by Crippen LogP contribution is 2.14. The summed E-state index contributed by atoms with van der Waals surface area (Å²) in [6, 6.07) is 8.49. The molecule has 3 N–H and O–H groups in total. The smallest absolute Gasteiger partial charge is 0.355 e. The van der Waals surface area contributed by atoms with Gasteiger partial charge in [-0.25, -0.2) is 9.78 Å². The largest absolute Gasteiger partial charge is 0.476 e. The average molecular weight is 305 g/mol. The fourth-order valence-corrected chi connectivity index (χ4v) is 2.15. The Morgan fingerprint density at radius 3 is 2.52 bits per heavy atom. The lowest BCUT2D eigenvalue weighted by Gasteiger charge is -2.04. The number of thiazole rings is 1. The summed E-state index contributed by atoms with van der Waals surface area (Å²) >= 11 is 1.00. The summed E-state index contributed by atoms with van der Waals surface area (Å²) in [4.78, 5) is 37.7. The summed E-state index contributed by atoms with van der Waals surface area (Å²) in [5.74, 6) is -2.01. The van der Waals surface area contributed by atoms with Crippen LogP contribution in [0.15, 0.2) is 35.7 Å². The maximum atomic E-state index is 11.7. The number of hydrogen-bond donors (Lipinski definition) is 3. The molecule has 0 saturated heterocycles. The number of carboxylic acids is 1. The molecule has 2 rings (SSSR count). The maximum absolute atomic E-state index is 11.7. The monoisotopic (exact) mass is 305 g/mol. The predicted molar refractivity (Wildman–Crippen MR) is 76.5 cm³/mol. The first-order chi connectivity index (χ1) is 10.1. The van der Waals surface area contributed by atoms with Gasteiger partial charge >= 0.3 is 5.97 Å². The van der Waals surface area contributed by atoms with Gasteiger partial charge in [-0.2, -0.15) is 0 Å². The third-order valence-corrected chi connectivity index (χ3v) is 3.17. The third kappa shape index (κ3) is 4.11. The number of hydrogen-bond acceptors (Lipinski definition) is 5. The second-order valence-electron chi connectivity index (χ2n) is 3.94. The van der Waals surface area contributed by atoms with E-state index in [1.165, 1.54) is 5.38 Å². The van der Waals surface area contributed by atoms with Crippen molar-refractivity contribution in [3.8, 4) is 0 Å². The minimum absolute atomic E-state index is 0.136. The van der Waals surface area contributed by atoms with Crippen molar-refractivity contribution in [2.45, 2.75) is 0 Å². The van der Waals surface area contributed by atoms with E-state index in [9.17, 15) is 14.4 Å². The molecular weight excluding hydrogens is 294 g/mol. The molecule has 1 aromatic heterocycles. The lowest BCUT2D eigenvalue weighted by Crippen LogP contribution is -2.32. The van der Waals surface area contributed by atoms with E-state index in [1.54, 1.807) is 30.3 Å². The van der Waals surface area contributed by atoms with E-state index in [-0.39, 0.29) is 23.3 Å². The van der Waals surface area contributed by atoms with Gasteiger partial charge in [0.2, 0.25) is 5.91 Å². The molecule has 7 nitrogen and oxygen atoms in total. The average Bonchev–Trinajstić information content (AvgIpc) is 2.94. The molecule has 1 aromatic carbocycles. The topological polar surface area (TPSA) is 108 Å². The van der Waals surface area contributed by atoms with Crippen molar-refractivity contribution in [1.29, 1.82) is 0 Å². The molecule has 108 valence electrons. The van der Waals surface area contributed by atoms with Gasteiger partial charge in [0.25, 0.3) is 5.91 Å². The number of benzene rings is 1. The number of carbonyl (C=O) groups is 3. The zero-order chi connectivity index (χ0) is 15.2. The number of nitrogens with zero attached hydrogens (tertiary/aromatic N) is 1. The lowest BCUT2D eigenvalue weighted by atomic mass is 10.2. The normalized spacial score (nSPS) is 9.90. The van der Waals surface area contributed by atoms with Crippen LogP contribution in [0.5, 0.6) is 0 Å². The van der Waals surface area contributed by atoms with Gasteiger partial charge in [0.1, 0.15) is 0 Å². The van der Waals surface area contributed by atoms with Crippen molar-refractivity contribution in [2.75, 3.05) is 11.9 Å². The van der Waals surface area contributed by atoms with Gasteiger partial charge in [-0.15, -0.1) is 11.3 Å². The highest BCUT2D eigenvalue weighted by Gasteiger charge is 2.12. The van der Waals surface area contributed by atoms with Crippen LogP contribution >= 0.6 is 11.3 Å². The molecule has 0 bridgehead atoms. The van der Waals surface area contributed by atoms with Gasteiger partial charge in [-0.05, 0) is 12.1 Å². The Hall–Kier alpha value is -2.74. The van der Waals surface area contributed by atoms with Crippen molar-refractivity contribution in [1.82, 2.24) is 10.3 Å².